The maximum Gasteiger partial charge on any atom is 0.358 e. The number of halogens is 1. The fourth-order valence-electron chi connectivity index (χ4n) is 1.66. The highest BCUT2D eigenvalue weighted by Gasteiger charge is 2.07. The quantitative estimate of drug-likeness (QED) is 0.881. The van der Waals surface area contributed by atoms with Gasteiger partial charge in [-0.2, -0.15) is 0 Å². The van der Waals surface area contributed by atoms with Gasteiger partial charge < -0.3 is 10.4 Å². The summed E-state index contributed by atoms with van der Waals surface area (Å²) in [7, 11) is 0. The van der Waals surface area contributed by atoms with Crippen molar-refractivity contribution in [3.63, 3.8) is 0 Å². The molecule has 0 amide bonds. The summed E-state index contributed by atoms with van der Waals surface area (Å²) in [6.07, 6.45) is 1.41. The Bertz CT molecular complexity index is 577. The van der Waals surface area contributed by atoms with Gasteiger partial charge >= 0.3 is 5.97 Å². The molecule has 6 nitrogen and oxygen atoms in total. The van der Waals surface area contributed by atoms with Crippen LogP contribution in [0, 0.1) is 6.92 Å². The fourth-order valence-corrected chi connectivity index (χ4v) is 2.27. The van der Waals surface area contributed by atoms with E-state index in [9.17, 15) is 4.79 Å². The summed E-state index contributed by atoms with van der Waals surface area (Å²) in [5, 5.41) is 19.3. The molecule has 0 radical (unpaired) electrons. The monoisotopic (exact) mass is 324 g/mol. The number of aromatic nitrogens is 3. The summed E-state index contributed by atoms with van der Waals surface area (Å²) in [5.74, 6) is -1.07. The number of anilines is 1. The maximum absolute atomic E-state index is 10.6. The second kappa shape index (κ2) is 5.83. The number of carbonyl (C=O) groups is 1. The molecule has 1 aromatic carbocycles. The summed E-state index contributed by atoms with van der Waals surface area (Å²) in [5.41, 5.74) is 2.12. The summed E-state index contributed by atoms with van der Waals surface area (Å²) in [6, 6.07) is 6.05. The third-order valence-corrected chi connectivity index (χ3v) is 2.93. The number of carboxylic acids is 1. The number of nitrogens with one attached hydrogen (secondary N) is 1. The second-order valence-electron chi connectivity index (χ2n) is 4.12. The molecule has 2 rings (SSSR count). The van der Waals surface area contributed by atoms with Crippen LogP contribution in [0.25, 0.3) is 0 Å². The zero-order valence-electron chi connectivity index (χ0n) is 10.3. The van der Waals surface area contributed by atoms with Crippen LogP contribution in [0.3, 0.4) is 0 Å². The van der Waals surface area contributed by atoms with Gasteiger partial charge in [0.05, 0.1) is 12.7 Å². The lowest BCUT2D eigenvalue weighted by molar-refractivity contribution is 0.0690. The molecule has 0 unspecified atom stereocenters. The number of carboxylic acid groups (broad SMARTS) is 1. The van der Waals surface area contributed by atoms with Gasteiger partial charge in [0, 0.05) is 16.7 Å². The zero-order chi connectivity index (χ0) is 13.8. The average molecular weight is 325 g/mol. The van der Waals surface area contributed by atoms with Crippen molar-refractivity contribution in [2.24, 2.45) is 0 Å². The van der Waals surface area contributed by atoms with Crippen molar-refractivity contribution in [3.05, 3.63) is 40.1 Å². The van der Waals surface area contributed by atoms with E-state index in [0.717, 1.165) is 15.7 Å². The number of hydrogen-bond acceptors (Lipinski definition) is 4. The minimum absolute atomic E-state index is 0.0432. The Hall–Kier alpha value is -1.89. The van der Waals surface area contributed by atoms with Gasteiger partial charge in [0.1, 0.15) is 0 Å². The largest absolute Gasteiger partial charge is 0.476 e. The van der Waals surface area contributed by atoms with Gasteiger partial charge in [-0.05, 0) is 30.7 Å². The maximum atomic E-state index is 10.6. The Balaban J connectivity index is 1.90. The number of aromatic carboxylic acids is 1. The molecule has 1 aromatic heterocycles. The molecule has 0 aliphatic rings. The molecule has 1 heterocycles. The summed E-state index contributed by atoms with van der Waals surface area (Å²) < 4.78 is 2.52. The van der Waals surface area contributed by atoms with Crippen molar-refractivity contribution >= 4 is 27.6 Å². The lowest BCUT2D eigenvalue weighted by Crippen LogP contribution is -2.11. The van der Waals surface area contributed by atoms with Crippen LogP contribution in [-0.4, -0.2) is 32.6 Å². The Labute approximate surface area is 118 Å². The highest BCUT2D eigenvalue weighted by atomic mass is 79.9. The Morgan fingerprint density at radius 3 is 2.89 bits per heavy atom. The zero-order valence-corrected chi connectivity index (χ0v) is 11.9. The first kappa shape index (κ1) is 13.5. The van der Waals surface area contributed by atoms with Gasteiger partial charge in [0.25, 0.3) is 0 Å². The Morgan fingerprint density at radius 1 is 1.47 bits per heavy atom. The smallest absolute Gasteiger partial charge is 0.358 e. The van der Waals surface area contributed by atoms with Crippen molar-refractivity contribution in [1.82, 2.24) is 15.0 Å². The minimum atomic E-state index is -1.07. The van der Waals surface area contributed by atoms with Crippen LogP contribution in [0.15, 0.2) is 28.9 Å². The van der Waals surface area contributed by atoms with Gasteiger partial charge in [0.2, 0.25) is 0 Å². The summed E-state index contributed by atoms with van der Waals surface area (Å²) in [4.78, 5) is 10.6. The third-order valence-electron chi connectivity index (χ3n) is 2.47. The number of nitrogens with zero attached hydrogens (tertiary/aromatic N) is 3. The molecule has 0 saturated heterocycles. The summed E-state index contributed by atoms with van der Waals surface area (Å²) >= 11 is 3.44. The van der Waals surface area contributed by atoms with Gasteiger partial charge in [-0.3, -0.25) is 0 Å². The lowest BCUT2D eigenvalue weighted by Gasteiger charge is -2.07. The second-order valence-corrected chi connectivity index (χ2v) is 5.03. The molecule has 0 atom stereocenters. The highest BCUT2D eigenvalue weighted by molar-refractivity contribution is 9.10. The van der Waals surface area contributed by atoms with Crippen LogP contribution in [0.5, 0.6) is 0 Å². The first-order chi connectivity index (χ1) is 9.04. The number of benzene rings is 1. The average Bonchev–Trinajstić information content (AvgIpc) is 2.76. The van der Waals surface area contributed by atoms with Crippen molar-refractivity contribution < 1.29 is 9.90 Å². The molecule has 0 fully saturated rings. The molecular weight excluding hydrogens is 312 g/mol. The van der Waals surface area contributed by atoms with Crippen LogP contribution in [0.4, 0.5) is 5.69 Å². The van der Waals surface area contributed by atoms with E-state index in [1.54, 1.807) is 0 Å². The molecule has 0 aliphatic carbocycles. The van der Waals surface area contributed by atoms with Crippen LogP contribution in [-0.2, 0) is 6.54 Å². The van der Waals surface area contributed by atoms with Crippen LogP contribution in [0.1, 0.15) is 16.1 Å². The van der Waals surface area contributed by atoms with E-state index < -0.39 is 5.97 Å². The molecule has 2 N–H and O–H groups in total. The van der Waals surface area contributed by atoms with E-state index in [4.69, 9.17) is 5.11 Å². The van der Waals surface area contributed by atoms with Crippen molar-refractivity contribution in [2.75, 3.05) is 11.9 Å². The first-order valence-electron chi connectivity index (χ1n) is 5.69. The SMILES string of the molecule is Cc1cc(Br)cc(NCCn2cc(C(=O)O)nn2)c1. The van der Waals surface area contributed by atoms with Crippen molar-refractivity contribution in [1.29, 1.82) is 0 Å². The molecule has 100 valence electrons. The predicted molar refractivity (Wildman–Crippen MR) is 74.4 cm³/mol. The van der Waals surface area contributed by atoms with Crippen LogP contribution in [0.2, 0.25) is 0 Å². The third kappa shape index (κ3) is 3.78. The molecule has 0 saturated carbocycles. The number of rotatable bonds is 5. The molecule has 0 bridgehead atoms. The Morgan fingerprint density at radius 2 is 2.26 bits per heavy atom. The predicted octanol–water partition coefficient (Wildman–Crippen LogP) is 2.16. The first-order valence-corrected chi connectivity index (χ1v) is 6.48. The normalized spacial score (nSPS) is 10.4. The van der Waals surface area contributed by atoms with E-state index in [1.165, 1.54) is 10.9 Å². The molecule has 7 heteroatoms. The molecule has 19 heavy (non-hydrogen) atoms. The molecule has 0 aliphatic heterocycles. The topological polar surface area (TPSA) is 80.0 Å². The molecular formula is C12H13BrN4O2. The minimum Gasteiger partial charge on any atom is -0.476 e. The van der Waals surface area contributed by atoms with E-state index >= 15 is 0 Å². The highest BCUT2D eigenvalue weighted by Crippen LogP contribution is 2.18. The van der Waals surface area contributed by atoms with Crippen LogP contribution >= 0.6 is 15.9 Å². The Kier molecular flexibility index (Phi) is 4.16. The van der Waals surface area contributed by atoms with Gasteiger partial charge in [-0.1, -0.05) is 21.1 Å². The number of aryl methyl sites for hydroxylation is 1. The van der Waals surface area contributed by atoms with Crippen molar-refractivity contribution in [2.45, 2.75) is 13.5 Å². The van der Waals surface area contributed by atoms with Gasteiger partial charge in [-0.15, -0.1) is 5.10 Å². The van der Waals surface area contributed by atoms with E-state index in [-0.39, 0.29) is 5.69 Å². The van der Waals surface area contributed by atoms with E-state index in [0.29, 0.717) is 13.1 Å². The molecule has 0 spiro atoms. The molecule has 2 aromatic rings. The van der Waals surface area contributed by atoms with E-state index in [2.05, 4.69) is 31.6 Å². The van der Waals surface area contributed by atoms with Gasteiger partial charge in [-0.25, -0.2) is 9.48 Å². The summed E-state index contributed by atoms with van der Waals surface area (Å²) in [6.45, 7) is 3.21. The van der Waals surface area contributed by atoms with Crippen LogP contribution < -0.4 is 5.32 Å². The van der Waals surface area contributed by atoms with E-state index in [1.807, 2.05) is 25.1 Å². The fraction of sp³-hybridized carbons (Fsp3) is 0.250. The standard InChI is InChI=1S/C12H13BrN4O2/c1-8-4-9(13)6-10(5-8)14-2-3-17-7-11(12(18)19)15-16-17/h4-7,14H,2-3H2,1H3,(H,18,19). The van der Waals surface area contributed by atoms with Crippen molar-refractivity contribution in [3.8, 4) is 0 Å². The lowest BCUT2D eigenvalue weighted by atomic mass is 10.2. The van der Waals surface area contributed by atoms with Gasteiger partial charge in [0.15, 0.2) is 5.69 Å². The number of hydrogen-bond donors (Lipinski definition) is 2.